The zero-order chi connectivity index (χ0) is 19.6. The maximum Gasteiger partial charge on any atom is 0.251 e. The predicted molar refractivity (Wildman–Crippen MR) is 103 cm³/mol. The predicted octanol–water partition coefficient (Wildman–Crippen LogP) is 1.96. The molecule has 0 aliphatic carbocycles. The molecule has 1 amide bonds. The molecule has 0 spiro atoms. The van der Waals surface area contributed by atoms with Gasteiger partial charge in [-0.2, -0.15) is 4.31 Å². The Morgan fingerprint density at radius 3 is 2.46 bits per heavy atom. The molecule has 0 radical (unpaired) electrons. The number of nitrogens with one attached hydrogen (secondary N) is 1. The standard InChI is InChI=1S/C20H22N2O5S/c23-20(21-18-9-12-27-19-4-2-1-3-17(18)19)15-5-7-16(8-6-15)28(24,25)22-10-13-26-14-11-22/h1-8,18H,9-14H2,(H,21,23)/t18-/m1/s1. The lowest BCUT2D eigenvalue weighted by Gasteiger charge is -2.27. The van der Waals surface area contributed by atoms with Gasteiger partial charge < -0.3 is 14.8 Å². The van der Waals surface area contributed by atoms with Crippen LogP contribution >= 0.6 is 0 Å². The van der Waals surface area contributed by atoms with Gasteiger partial charge in [0.1, 0.15) is 5.75 Å². The van der Waals surface area contributed by atoms with E-state index < -0.39 is 10.0 Å². The molecule has 2 aromatic carbocycles. The summed E-state index contributed by atoms with van der Waals surface area (Å²) in [5.41, 5.74) is 1.37. The molecule has 1 saturated heterocycles. The van der Waals surface area contributed by atoms with Gasteiger partial charge in [0.25, 0.3) is 5.91 Å². The van der Waals surface area contributed by atoms with E-state index in [1.807, 2.05) is 24.3 Å². The van der Waals surface area contributed by atoms with E-state index in [0.717, 1.165) is 11.3 Å². The van der Waals surface area contributed by atoms with Crippen LogP contribution in [0.5, 0.6) is 5.75 Å². The van der Waals surface area contributed by atoms with E-state index in [0.29, 0.717) is 44.9 Å². The fraction of sp³-hybridized carbons (Fsp3) is 0.350. The molecule has 1 fully saturated rings. The number of hydrogen-bond acceptors (Lipinski definition) is 5. The summed E-state index contributed by atoms with van der Waals surface area (Å²) in [6.07, 6.45) is 0.687. The Bertz CT molecular complexity index is 953. The fourth-order valence-corrected chi connectivity index (χ4v) is 4.86. The zero-order valence-corrected chi connectivity index (χ0v) is 16.2. The second-order valence-electron chi connectivity index (χ2n) is 6.74. The van der Waals surface area contributed by atoms with Crippen molar-refractivity contribution in [3.05, 3.63) is 59.7 Å². The van der Waals surface area contributed by atoms with Crippen LogP contribution < -0.4 is 10.1 Å². The van der Waals surface area contributed by atoms with E-state index in [-0.39, 0.29) is 16.8 Å². The minimum Gasteiger partial charge on any atom is -0.493 e. The molecule has 0 bridgehead atoms. The maximum absolute atomic E-state index is 12.7. The highest BCUT2D eigenvalue weighted by atomic mass is 32.2. The number of sulfonamides is 1. The summed E-state index contributed by atoms with van der Waals surface area (Å²) in [4.78, 5) is 12.8. The lowest BCUT2D eigenvalue weighted by Crippen LogP contribution is -2.40. The molecule has 8 heteroatoms. The highest BCUT2D eigenvalue weighted by Crippen LogP contribution is 2.31. The van der Waals surface area contributed by atoms with Crippen LogP contribution in [0.4, 0.5) is 0 Å². The van der Waals surface area contributed by atoms with Crippen molar-refractivity contribution in [3.63, 3.8) is 0 Å². The quantitative estimate of drug-likeness (QED) is 0.845. The SMILES string of the molecule is O=C(N[C@@H]1CCOc2ccccc21)c1ccc(S(=O)(=O)N2CCOCC2)cc1. The Balaban J connectivity index is 1.48. The highest BCUT2D eigenvalue weighted by Gasteiger charge is 2.27. The number of morpholine rings is 1. The first-order valence-corrected chi connectivity index (χ1v) is 10.7. The number of benzene rings is 2. The van der Waals surface area contributed by atoms with E-state index >= 15 is 0 Å². The highest BCUT2D eigenvalue weighted by molar-refractivity contribution is 7.89. The van der Waals surface area contributed by atoms with Gasteiger partial charge >= 0.3 is 0 Å². The lowest BCUT2D eigenvalue weighted by atomic mass is 10.00. The monoisotopic (exact) mass is 402 g/mol. The number of amides is 1. The third-order valence-electron chi connectivity index (χ3n) is 4.99. The molecular formula is C20H22N2O5S. The summed E-state index contributed by atoms with van der Waals surface area (Å²) in [6.45, 7) is 2.01. The Labute approximate surface area is 164 Å². The molecule has 0 aromatic heterocycles. The van der Waals surface area contributed by atoms with Crippen molar-refractivity contribution >= 4 is 15.9 Å². The Morgan fingerprint density at radius 1 is 1.00 bits per heavy atom. The maximum atomic E-state index is 12.7. The molecule has 2 aliphatic heterocycles. The first kappa shape index (κ1) is 18.9. The number of fused-ring (bicyclic) bond motifs is 1. The summed E-state index contributed by atoms with van der Waals surface area (Å²) in [6, 6.07) is 13.6. The molecule has 2 aliphatic rings. The Kier molecular flexibility index (Phi) is 5.34. The molecule has 0 saturated carbocycles. The topological polar surface area (TPSA) is 84.9 Å². The first-order valence-electron chi connectivity index (χ1n) is 9.26. The summed E-state index contributed by atoms with van der Waals surface area (Å²) >= 11 is 0. The van der Waals surface area contributed by atoms with Crippen molar-refractivity contribution in [1.82, 2.24) is 9.62 Å². The van der Waals surface area contributed by atoms with Crippen LogP contribution in [0.25, 0.3) is 0 Å². The van der Waals surface area contributed by atoms with Gasteiger partial charge in [-0.05, 0) is 30.3 Å². The van der Waals surface area contributed by atoms with Crippen molar-refractivity contribution in [1.29, 1.82) is 0 Å². The van der Waals surface area contributed by atoms with Crippen LogP contribution in [-0.2, 0) is 14.8 Å². The number of rotatable bonds is 4. The second-order valence-corrected chi connectivity index (χ2v) is 8.68. The van der Waals surface area contributed by atoms with Gasteiger partial charge in [-0.3, -0.25) is 4.79 Å². The molecule has 2 aromatic rings. The second kappa shape index (κ2) is 7.90. The average Bonchev–Trinajstić information content (AvgIpc) is 2.75. The first-order chi connectivity index (χ1) is 13.6. The van der Waals surface area contributed by atoms with E-state index in [1.54, 1.807) is 12.1 Å². The van der Waals surface area contributed by atoms with Crippen LogP contribution in [0.2, 0.25) is 0 Å². The van der Waals surface area contributed by atoms with Crippen molar-refractivity contribution in [3.8, 4) is 5.75 Å². The summed E-state index contributed by atoms with van der Waals surface area (Å²) in [7, 11) is -3.57. The van der Waals surface area contributed by atoms with Crippen LogP contribution in [-0.4, -0.2) is 51.5 Å². The van der Waals surface area contributed by atoms with E-state index in [1.165, 1.54) is 16.4 Å². The number of carbonyl (C=O) groups excluding carboxylic acids is 1. The summed E-state index contributed by atoms with van der Waals surface area (Å²) < 4.78 is 37.6. The van der Waals surface area contributed by atoms with Crippen LogP contribution in [0.1, 0.15) is 28.4 Å². The Morgan fingerprint density at radius 2 is 1.71 bits per heavy atom. The van der Waals surface area contributed by atoms with E-state index in [9.17, 15) is 13.2 Å². The van der Waals surface area contributed by atoms with Crippen molar-refractivity contribution in [2.45, 2.75) is 17.4 Å². The molecule has 1 N–H and O–H groups in total. The average molecular weight is 402 g/mol. The fourth-order valence-electron chi connectivity index (χ4n) is 3.45. The number of para-hydroxylation sites is 1. The smallest absolute Gasteiger partial charge is 0.251 e. The normalized spacial score (nSPS) is 20.1. The largest absolute Gasteiger partial charge is 0.493 e. The molecule has 7 nitrogen and oxygen atoms in total. The van der Waals surface area contributed by atoms with E-state index in [2.05, 4.69) is 5.32 Å². The van der Waals surface area contributed by atoms with Gasteiger partial charge in [0.05, 0.1) is 30.8 Å². The van der Waals surface area contributed by atoms with Gasteiger partial charge in [0.15, 0.2) is 0 Å². The summed E-state index contributed by atoms with van der Waals surface area (Å²) in [5.74, 6) is 0.544. The van der Waals surface area contributed by atoms with Crippen LogP contribution in [0.3, 0.4) is 0 Å². The summed E-state index contributed by atoms with van der Waals surface area (Å²) in [5, 5.41) is 3.02. The third kappa shape index (κ3) is 3.76. The van der Waals surface area contributed by atoms with Gasteiger partial charge in [-0.15, -0.1) is 0 Å². The zero-order valence-electron chi connectivity index (χ0n) is 15.3. The van der Waals surface area contributed by atoms with Crippen molar-refractivity contribution < 1.29 is 22.7 Å². The molecule has 4 rings (SSSR count). The van der Waals surface area contributed by atoms with Gasteiger partial charge in [-0.1, -0.05) is 18.2 Å². The number of nitrogens with zero attached hydrogens (tertiary/aromatic N) is 1. The Hall–Kier alpha value is -2.42. The minimum absolute atomic E-state index is 0.130. The molecule has 28 heavy (non-hydrogen) atoms. The van der Waals surface area contributed by atoms with Gasteiger partial charge in [-0.25, -0.2) is 8.42 Å². The lowest BCUT2D eigenvalue weighted by molar-refractivity contribution is 0.0730. The molecule has 148 valence electrons. The number of ether oxygens (including phenoxy) is 2. The molecular weight excluding hydrogens is 380 g/mol. The number of hydrogen-bond donors (Lipinski definition) is 1. The van der Waals surface area contributed by atoms with Gasteiger partial charge in [0.2, 0.25) is 10.0 Å². The number of carbonyl (C=O) groups is 1. The molecule has 1 atom stereocenters. The minimum atomic E-state index is -3.57. The van der Waals surface area contributed by atoms with Crippen LogP contribution in [0, 0.1) is 0 Å². The molecule has 0 unspecified atom stereocenters. The van der Waals surface area contributed by atoms with E-state index in [4.69, 9.17) is 9.47 Å². The van der Waals surface area contributed by atoms with Crippen molar-refractivity contribution in [2.75, 3.05) is 32.9 Å². The van der Waals surface area contributed by atoms with Gasteiger partial charge in [0, 0.05) is 30.6 Å². The van der Waals surface area contributed by atoms with Crippen molar-refractivity contribution in [2.24, 2.45) is 0 Å². The van der Waals surface area contributed by atoms with Crippen LogP contribution in [0.15, 0.2) is 53.4 Å². The molecule has 2 heterocycles. The third-order valence-corrected chi connectivity index (χ3v) is 6.90.